The zero-order chi connectivity index (χ0) is 76.0. The van der Waals surface area contributed by atoms with Gasteiger partial charge in [-0.15, -0.1) is 0 Å². The third-order valence-electron chi connectivity index (χ3n) is 23.4. The number of para-hydroxylation sites is 4. The van der Waals surface area contributed by atoms with E-state index in [1.165, 1.54) is 22.3 Å². The molecule has 0 spiro atoms. The lowest BCUT2D eigenvalue weighted by atomic mass is 9.82. The highest BCUT2D eigenvalue weighted by Crippen LogP contribution is 2.51. The number of furan rings is 4. The number of aromatic nitrogens is 5. The van der Waals surface area contributed by atoms with Crippen molar-refractivity contribution in [3.05, 3.63) is 369 Å². The van der Waals surface area contributed by atoms with Gasteiger partial charge in [-0.2, -0.15) is 0 Å². The third kappa shape index (κ3) is 11.0. The fraction of sp³-hybridized carbons (Fsp3) is 0.0283. The summed E-state index contributed by atoms with van der Waals surface area (Å²) >= 11 is 0. The fourth-order valence-corrected chi connectivity index (χ4v) is 17.6. The minimum Gasteiger partial charge on any atom is -0.456 e. The van der Waals surface area contributed by atoms with Crippen LogP contribution in [0.4, 0.5) is 0 Å². The Hall–Kier alpha value is -15.2. The average molecular weight is 1470 g/mol. The Morgan fingerprint density at radius 2 is 0.539 bits per heavy atom. The zero-order valence-electron chi connectivity index (χ0n) is 62.4. The largest absolute Gasteiger partial charge is 0.456 e. The SMILES string of the molecule is CC1(C)c2ccccc2-c2ccc(-c3cc(-c4cc(-c5ccc6oc7ccccc7c6c5)ccc4-c4ccc5oc6c(-c7cccc8c7oc7ccc(-c9ccc(-c%10ccc%11oc%12ccccc%12c%11c%10)c(-c%10nc(-c%11ccccc%11)nc(-c%11ccc(-c%12ccccc%12)cc%11)n%10)c9)cc78)cccc6c5c4)nc(-c4ccccc4)n3)cc21. The van der Waals surface area contributed by atoms with E-state index in [-0.39, 0.29) is 5.41 Å². The summed E-state index contributed by atoms with van der Waals surface area (Å²) in [5.74, 6) is 2.33. The zero-order valence-corrected chi connectivity index (χ0v) is 62.4. The lowest BCUT2D eigenvalue weighted by molar-refractivity contribution is 0.660. The molecule has 6 heterocycles. The smallest absolute Gasteiger partial charge is 0.164 e. The molecule has 0 unspecified atom stereocenters. The van der Waals surface area contributed by atoms with Gasteiger partial charge in [-0.3, -0.25) is 0 Å². The maximum atomic E-state index is 7.10. The maximum Gasteiger partial charge on any atom is 0.164 e. The number of nitrogens with zero attached hydrogens (tertiary/aromatic N) is 5. The van der Waals surface area contributed by atoms with Gasteiger partial charge in [0.2, 0.25) is 0 Å². The summed E-state index contributed by atoms with van der Waals surface area (Å²) in [5.41, 5.74) is 30.7. The molecular weight excluding hydrogens is 1410 g/mol. The van der Waals surface area contributed by atoms with Gasteiger partial charge in [0.05, 0.1) is 11.4 Å². The quantitative estimate of drug-likeness (QED) is 0.118. The molecule has 9 heteroatoms. The Labute approximate surface area is 660 Å². The van der Waals surface area contributed by atoms with E-state index in [2.05, 4.69) is 317 Å². The van der Waals surface area contributed by atoms with Crippen molar-refractivity contribution in [2.75, 3.05) is 0 Å². The molecule has 0 radical (unpaired) electrons. The van der Waals surface area contributed by atoms with Crippen LogP contribution in [0.25, 0.3) is 234 Å². The molecule has 0 bridgehead atoms. The van der Waals surface area contributed by atoms with E-state index in [1.54, 1.807) is 0 Å². The van der Waals surface area contributed by atoms with E-state index in [0.717, 1.165) is 199 Å². The second-order valence-corrected chi connectivity index (χ2v) is 30.5. The number of benzene rings is 16. The summed E-state index contributed by atoms with van der Waals surface area (Å²) in [6, 6.07) is 126. The van der Waals surface area contributed by atoms with Gasteiger partial charge in [0.25, 0.3) is 0 Å². The molecule has 9 nitrogen and oxygen atoms in total. The van der Waals surface area contributed by atoms with Gasteiger partial charge in [-0.25, -0.2) is 24.9 Å². The summed E-state index contributed by atoms with van der Waals surface area (Å²) in [5, 5.41) is 8.17. The summed E-state index contributed by atoms with van der Waals surface area (Å²) in [6.45, 7) is 4.65. The molecule has 0 fully saturated rings. The van der Waals surface area contributed by atoms with E-state index in [4.69, 9.17) is 42.6 Å². The predicted octanol–water partition coefficient (Wildman–Crippen LogP) is 28.6. The molecule has 0 amide bonds. The van der Waals surface area contributed by atoms with Crippen molar-refractivity contribution < 1.29 is 17.7 Å². The molecule has 16 aromatic carbocycles. The second kappa shape index (κ2) is 26.0. The molecule has 115 heavy (non-hydrogen) atoms. The van der Waals surface area contributed by atoms with Crippen LogP contribution in [0.15, 0.2) is 376 Å². The van der Waals surface area contributed by atoms with Crippen LogP contribution in [-0.2, 0) is 5.41 Å². The van der Waals surface area contributed by atoms with Crippen molar-refractivity contribution in [2.24, 2.45) is 0 Å². The van der Waals surface area contributed by atoms with Crippen molar-refractivity contribution in [3.63, 3.8) is 0 Å². The topological polar surface area (TPSA) is 117 Å². The molecule has 0 saturated heterocycles. The molecule has 1 aliphatic rings. The van der Waals surface area contributed by atoms with Gasteiger partial charge in [0.1, 0.15) is 44.7 Å². The highest BCUT2D eigenvalue weighted by atomic mass is 16.3. The summed E-state index contributed by atoms with van der Waals surface area (Å²) in [4.78, 5) is 26.9. The molecule has 1 aliphatic carbocycles. The third-order valence-corrected chi connectivity index (χ3v) is 23.4. The normalized spacial score (nSPS) is 12.5. The van der Waals surface area contributed by atoms with Crippen molar-refractivity contribution in [2.45, 2.75) is 19.3 Å². The number of hydrogen-bond donors (Lipinski definition) is 0. The van der Waals surface area contributed by atoms with E-state index < -0.39 is 0 Å². The van der Waals surface area contributed by atoms with E-state index in [0.29, 0.717) is 23.3 Å². The van der Waals surface area contributed by atoms with Crippen molar-refractivity contribution >= 4 is 87.8 Å². The molecule has 538 valence electrons. The molecule has 22 aromatic rings. The van der Waals surface area contributed by atoms with Crippen LogP contribution in [0.2, 0.25) is 0 Å². The minimum atomic E-state index is -0.205. The van der Waals surface area contributed by atoms with E-state index in [9.17, 15) is 0 Å². The molecule has 0 N–H and O–H groups in total. The predicted molar refractivity (Wildman–Crippen MR) is 467 cm³/mol. The summed E-state index contributed by atoms with van der Waals surface area (Å²) in [6.07, 6.45) is 0. The summed E-state index contributed by atoms with van der Waals surface area (Å²) < 4.78 is 26.9. The number of hydrogen-bond acceptors (Lipinski definition) is 9. The van der Waals surface area contributed by atoms with Crippen molar-refractivity contribution in [1.82, 2.24) is 24.9 Å². The van der Waals surface area contributed by atoms with Gasteiger partial charge in [-0.05, 0) is 163 Å². The average Bonchev–Trinajstić information content (AvgIpc) is 1.67. The van der Waals surface area contributed by atoms with Crippen LogP contribution in [0.5, 0.6) is 0 Å². The van der Waals surface area contributed by atoms with Gasteiger partial charge in [-0.1, -0.05) is 287 Å². The first-order valence-corrected chi connectivity index (χ1v) is 38.9. The van der Waals surface area contributed by atoms with Crippen LogP contribution < -0.4 is 0 Å². The van der Waals surface area contributed by atoms with Crippen LogP contribution in [0, 0.1) is 0 Å². The van der Waals surface area contributed by atoms with Crippen LogP contribution in [0.3, 0.4) is 0 Å². The molecule has 6 aromatic heterocycles. The van der Waals surface area contributed by atoms with Crippen molar-refractivity contribution in [3.8, 4) is 146 Å². The number of rotatable bonds is 12. The van der Waals surface area contributed by atoms with Crippen LogP contribution in [-0.4, -0.2) is 24.9 Å². The fourth-order valence-electron chi connectivity index (χ4n) is 17.6. The minimum absolute atomic E-state index is 0.205. The molecular formula is C106H65N5O4. The Balaban J connectivity index is 0.646. The van der Waals surface area contributed by atoms with Crippen molar-refractivity contribution in [1.29, 1.82) is 0 Å². The highest BCUT2D eigenvalue weighted by molar-refractivity contribution is 6.16. The Kier molecular flexibility index (Phi) is 14.8. The van der Waals surface area contributed by atoms with Crippen LogP contribution in [0.1, 0.15) is 25.0 Å². The first kappa shape index (κ1) is 65.7. The molecule has 23 rings (SSSR count). The molecule has 0 saturated carbocycles. The van der Waals surface area contributed by atoms with Gasteiger partial charge >= 0.3 is 0 Å². The van der Waals surface area contributed by atoms with Crippen LogP contribution >= 0.6 is 0 Å². The first-order valence-electron chi connectivity index (χ1n) is 38.9. The Bertz CT molecular complexity index is 7740. The van der Waals surface area contributed by atoms with E-state index in [1.807, 2.05) is 54.6 Å². The standard InChI is InChI=1S/C106H65N5O4/c1-106(2)90-33-15-12-26-76(90)77-49-42-73(60-91(77)106)92-61-93(108-102(107-92)64-22-8-4-9-23-64)84-54-67(69-43-50-96-85(55-69)78-27-13-16-34-94(78)112-96)40-47-74(84)71-46-53-99-88(59-71)83-32-19-30-81(101(83)115-99)80-29-18-31-82-87-56-70(44-51-98(87)114-100(80)82)68-41-48-75(72-45-52-97-86(58-72)79-28-14-17-35-95(79)113-97)89(57-68)105-110-103(65-24-10-5-11-25-65)109-104(111-105)66-38-36-63(37-39-66)62-20-6-3-7-21-62/h3-61H,1-2H3. The highest BCUT2D eigenvalue weighted by Gasteiger charge is 2.36. The van der Waals surface area contributed by atoms with E-state index >= 15 is 0 Å². The summed E-state index contributed by atoms with van der Waals surface area (Å²) in [7, 11) is 0. The lowest BCUT2D eigenvalue weighted by Gasteiger charge is -2.22. The second-order valence-electron chi connectivity index (χ2n) is 30.5. The monoisotopic (exact) mass is 1470 g/mol. The maximum absolute atomic E-state index is 7.10. The van der Waals surface area contributed by atoms with Gasteiger partial charge in [0, 0.05) is 93.0 Å². The molecule has 0 atom stereocenters. The van der Waals surface area contributed by atoms with Gasteiger partial charge < -0.3 is 17.7 Å². The Morgan fingerprint density at radius 3 is 1.12 bits per heavy atom. The Morgan fingerprint density at radius 1 is 0.183 bits per heavy atom. The molecule has 0 aliphatic heterocycles. The lowest BCUT2D eigenvalue weighted by Crippen LogP contribution is -2.14. The van der Waals surface area contributed by atoms with Gasteiger partial charge in [0.15, 0.2) is 23.3 Å². The number of fused-ring (bicyclic) bond motifs is 15. The first-order chi connectivity index (χ1) is 56.7.